The quantitative estimate of drug-likeness (QED) is 0.674. The fraction of sp³-hybridized carbons (Fsp3) is 0.889. The van der Waals surface area contributed by atoms with E-state index in [1.807, 2.05) is 20.8 Å². The number of thioether (sulfide) groups is 1. The van der Waals surface area contributed by atoms with E-state index in [4.69, 9.17) is 10.4 Å². The molecule has 2 unspecified atom stereocenters. The lowest BCUT2D eigenvalue weighted by molar-refractivity contribution is 0.300. The fourth-order valence-electron chi connectivity index (χ4n) is 0.838. The van der Waals surface area contributed by atoms with Crippen LogP contribution in [0.3, 0.4) is 0 Å². The third kappa shape index (κ3) is 6.88. The summed E-state index contributed by atoms with van der Waals surface area (Å²) in [5.41, 5.74) is 0. The van der Waals surface area contributed by atoms with Gasteiger partial charge in [0.05, 0.1) is 12.7 Å². The molecule has 2 N–H and O–H groups in total. The first kappa shape index (κ1) is 12.8. The molecule has 0 fully saturated rings. The number of nitrogens with zero attached hydrogens (tertiary/aromatic N) is 1. The van der Waals surface area contributed by atoms with E-state index in [1.165, 1.54) is 0 Å². The average molecular weight is 202 g/mol. The van der Waals surface area contributed by atoms with Crippen LogP contribution < -0.4 is 5.32 Å². The summed E-state index contributed by atoms with van der Waals surface area (Å²) in [6.45, 7) is 6.16. The topological polar surface area (TPSA) is 56.0 Å². The highest BCUT2D eigenvalue weighted by molar-refractivity contribution is 7.99. The van der Waals surface area contributed by atoms with Gasteiger partial charge in [-0.25, -0.2) is 0 Å². The summed E-state index contributed by atoms with van der Waals surface area (Å²) < 4.78 is 0. The van der Waals surface area contributed by atoms with Crippen molar-refractivity contribution in [3.8, 4) is 6.07 Å². The van der Waals surface area contributed by atoms with Crippen molar-refractivity contribution in [1.29, 1.82) is 5.26 Å². The van der Waals surface area contributed by atoms with Crippen molar-refractivity contribution in [3.63, 3.8) is 0 Å². The van der Waals surface area contributed by atoms with Gasteiger partial charge in [-0.05, 0) is 13.8 Å². The Morgan fingerprint density at radius 3 is 2.46 bits per heavy atom. The SMILES string of the molecule is CC(C)NC(C#N)CSC(C)CO. The Bertz CT molecular complexity index is 167. The van der Waals surface area contributed by atoms with E-state index in [9.17, 15) is 0 Å². The standard InChI is InChI=1S/C9H18N2OS/c1-7(2)11-9(4-10)6-13-8(3)5-12/h7-9,11-12H,5-6H2,1-3H3. The predicted molar refractivity (Wildman–Crippen MR) is 56.7 cm³/mol. The van der Waals surface area contributed by atoms with Crippen LogP contribution in [0.5, 0.6) is 0 Å². The second kappa shape index (κ2) is 7.19. The van der Waals surface area contributed by atoms with Gasteiger partial charge in [0.15, 0.2) is 0 Å². The van der Waals surface area contributed by atoms with Gasteiger partial charge in [-0.3, -0.25) is 5.32 Å². The second-order valence-electron chi connectivity index (χ2n) is 3.33. The smallest absolute Gasteiger partial charge is 0.105 e. The van der Waals surface area contributed by atoms with Crippen LogP contribution in [-0.4, -0.2) is 34.8 Å². The summed E-state index contributed by atoms with van der Waals surface area (Å²) in [6, 6.07) is 2.42. The van der Waals surface area contributed by atoms with Gasteiger partial charge in [0.25, 0.3) is 0 Å². The third-order valence-corrected chi connectivity index (χ3v) is 2.74. The van der Waals surface area contributed by atoms with Crippen LogP contribution in [0.15, 0.2) is 0 Å². The predicted octanol–water partition coefficient (Wildman–Crippen LogP) is 0.991. The van der Waals surface area contributed by atoms with Crippen LogP contribution in [0.25, 0.3) is 0 Å². The van der Waals surface area contributed by atoms with Crippen LogP contribution >= 0.6 is 11.8 Å². The normalized spacial score (nSPS) is 15.4. The molecule has 0 aliphatic heterocycles. The van der Waals surface area contributed by atoms with Gasteiger partial charge >= 0.3 is 0 Å². The summed E-state index contributed by atoms with van der Waals surface area (Å²) in [5, 5.41) is 20.9. The average Bonchev–Trinajstić information content (AvgIpc) is 2.10. The lowest BCUT2D eigenvalue weighted by atomic mass is 10.3. The minimum absolute atomic E-state index is 0.112. The van der Waals surface area contributed by atoms with E-state index < -0.39 is 0 Å². The Hall–Kier alpha value is -0.240. The summed E-state index contributed by atoms with van der Waals surface area (Å²) in [6.07, 6.45) is 0. The Morgan fingerprint density at radius 2 is 2.08 bits per heavy atom. The first-order valence-corrected chi connectivity index (χ1v) is 5.53. The van der Waals surface area contributed by atoms with E-state index in [2.05, 4.69) is 11.4 Å². The van der Waals surface area contributed by atoms with Crippen molar-refractivity contribution in [2.75, 3.05) is 12.4 Å². The molecule has 2 atom stereocenters. The highest BCUT2D eigenvalue weighted by Crippen LogP contribution is 2.10. The van der Waals surface area contributed by atoms with Gasteiger partial charge in [-0.15, -0.1) is 0 Å². The molecule has 0 aliphatic rings. The number of hydrogen-bond donors (Lipinski definition) is 2. The van der Waals surface area contributed by atoms with Gasteiger partial charge in [-0.2, -0.15) is 17.0 Å². The number of nitrogens with one attached hydrogen (secondary N) is 1. The molecule has 0 radical (unpaired) electrons. The number of nitriles is 1. The van der Waals surface area contributed by atoms with Gasteiger partial charge in [-0.1, -0.05) is 6.92 Å². The highest BCUT2D eigenvalue weighted by atomic mass is 32.2. The van der Waals surface area contributed by atoms with E-state index in [0.29, 0.717) is 6.04 Å². The molecule has 0 spiro atoms. The molecule has 0 heterocycles. The molecule has 0 bridgehead atoms. The first-order valence-electron chi connectivity index (χ1n) is 4.48. The Morgan fingerprint density at radius 1 is 1.46 bits per heavy atom. The number of hydrogen-bond acceptors (Lipinski definition) is 4. The van der Waals surface area contributed by atoms with Gasteiger partial charge in [0, 0.05) is 17.0 Å². The molecule has 76 valence electrons. The maximum atomic E-state index is 8.78. The summed E-state index contributed by atoms with van der Waals surface area (Å²) in [7, 11) is 0. The minimum Gasteiger partial charge on any atom is -0.395 e. The zero-order valence-corrected chi connectivity index (χ0v) is 9.27. The molecule has 0 saturated carbocycles. The number of aliphatic hydroxyl groups excluding tert-OH is 1. The van der Waals surface area contributed by atoms with Gasteiger partial charge in [0.2, 0.25) is 0 Å². The third-order valence-electron chi connectivity index (χ3n) is 1.49. The van der Waals surface area contributed by atoms with Crippen LogP contribution in [0.1, 0.15) is 20.8 Å². The molecule has 0 saturated heterocycles. The molecule has 0 aliphatic carbocycles. The molecular formula is C9H18N2OS. The molecule has 0 amide bonds. The number of rotatable bonds is 6. The minimum atomic E-state index is -0.112. The molecule has 0 aromatic rings. The first-order chi connectivity index (χ1) is 6.10. The van der Waals surface area contributed by atoms with Crippen molar-refractivity contribution in [2.45, 2.75) is 38.1 Å². The monoisotopic (exact) mass is 202 g/mol. The lowest BCUT2D eigenvalue weighted by Crippen LogP contribution is -2.35. The fourth-order valence-corrected chi connectivity index (χ4v) is 1.64. The zero-order valence-electron chi connectivity index (χ0n) is 8.45. The molecule has 4 heteroatoms. The van der Waals surface area contributed by atoms with Crippen LogP contribution in [0, 0.1) is 11.3 Å². The lowest BCUT2D eigenvalue weighted by Gasteiger charge is -2.15. The van der Waals surface area contributed by atoms with Crippen molar-refractivity contribution in [3.05, 3.63) is 0 Å². The van der Waals surface area contributed by atoms with Gasteiger partial charge in [0.1, 0.15) is 6.04 Å². The molecule has 13 heavy (non-hydrogen) atoms. The molecule has 0 aromatic heterocycles. The van der Waals surface area contributed by atoms with E-state index in [-0.39, 0.29) is 17.9 Å². The van der Waals surface area contributed by atoms with Gasteiger partial charge < -0.3 is 5.11 Å². The maximum Gasteiger partial charge on any atom is 0.105 e. The van der Waals surface area contributed by atoms with Crippen LogP contribution in [-0.2, 0) is 0 Å². The molecule has 3 nitrogen and oxygen atoms in total. The highest BCUT2D eigenvalue weighted by Gasteiger charge is 2.10. The van der Waals surface area contributed by atoms with Crippen molar-refractivity contribution < 1.29 is 5.11 Å². The van der Waals surface area contributed by atoms with E-state index in [0.717, 1.165) is 5.75 Å². The molecular weight excluding hydrogens is 184 g/mol. The van der Waals surface area contributed by atoms with Crippen molar-refractivity contribution in [1.82, 2.24) is 5.32 Å². The van der Waals surface area contributed by atoms with Crippen LogP contribution in [0.4, 0.5) is 0 Å². The maximum absolute atomic E-state index is 8.78. The Labute approximate surface area is 84.5 Å². The van der Waals surface area contributed by atoms with E-state index >= 15 is 0 Å². The molecule has 0 aromatic carbocycles. The zero-order chi connectivity index (χ0) is 10.3. The summed E-state index contributed by atoms with van der Waals surface area (Å²) in [4.78, 5) is 0. The Kier molecular flexibility index (Phi) is 7.06. The molecule has 0 rings (SSSR count). The second-order valence-corrected chi connectivity index (χ2v) is 4.80. The van der Waals surface area contributed by atoms with Crippen molar-refractivity contribution >= 4 is 11.8 Å². The van der Waals surface area contributed by atoms with E-state index in [1.54, 1.807) is 11.8 Å². The summed E-state index contributed by atoms with van der Waals surface area (Å²) in [5.74, 6) is 0.733. The summed E-state index contributed by atoms with van der Waals surface area (Å²) >= 11 is 1.62. The van der Waals surface area contributed by atoms with Crippen molar-refractivity contribution in [2.24, 2.45) is 0 Å². The van der Waals surface area contributed by atoms with Crippen LogP contribution in [0.2, 0.25) is 0 Å². The largest absolute Gasteiger partial charge is 0.395 e. The Balaban J connectivity index is 3.67. The number of aliphatic hydroxyl groups is 1.